The predicted molar refractivity (Wildman–Crippen MR) is 63.3 cm³/mol. The molecule has 0 aliphatic rings. The lowest BCUT2D eigenvalue weighted by molar-refractivity contribution is -0.141. The third-order valence-corrected chi connectivity index (χ3v) is 3.15. The molecule has 0 radical (unpaired) electrons. The van der Waals surface area contributed by atoms with Crippen LogP contribution < -0.4 is 0 Å². The first-order valence-corrected chi connectivity index (χ1v) is 6.21. The molecule has 0 amide bonds. The van der Waals surface area contributed by atoms with E-state index in [0.717, 1.165) is 6.42 Å². The van der Waals surface area contributed by atoms with Crippen molar-refractivity contribution in [1.29, 1.82) is 0 Å². The van der Waals surface area contributed by atoms with Crippen molar-refractivity contribution in [2.75, 3.05) is 6.26 Å². The molecule has 0 heterocycles. The van der Waals surface area contributed by atoms with E-state index in [1.54, 1.807) is 18.7 Å². The fourth-order valence-corrected chi connectivity index (χ4v) is 1.82. The molecule has 1 atom stereocenters. The van der Waals surface area contributed by atoms with E-state index in [1.807, 2.05) is 18.4 Å². The van der Waals surface area contributed by atoms with Gasteiger partial charge in [-0.05, 0) is 36.8 Å². The zero-order chi connectivity index (χ0) is 11.3. The van der Waals surface area contributed by atoms with Gasteiger partial charge < -0.3 is 5.11 Å². The van der Waals surface area contributed by atoms with E-state index in [2.05, 4.69) is 12.1 Å². The van der Waals surface area contributed by atoms with Crippen molar-refractivity contribution in [2.24, 2.45) is 5.92 Å². The summed E-state index contributed by atoms with van der Waals surface area (Å²) in [6, 6.07) is 8.26. The molecule has 0 bridgehead atoms. The van der Waals surface area contributed by atoms with Crippen molar-refractivity contribution in [2.45, 2.75) is 24.7 Å². The molecule has 0 aliphatic heterocycles. The number of rotatable bonds is 5. The molecule has 0 aromatic heterocycles. The maximum absolute atomic E-state index is 10.6. The van der Waals surface area contributed by atoms with Crippen LogP contribution in [-0.4, -0.2) is 17.3 Å². The van der Waals surface area contributed by atoms with Gasteiger partial charge in [0, 0.05) is 4.90 Å². The second-order valence-electron chi connectivity index (χ2n) is 3.63. The molecule has 2 nitrogen and oxygen atoms in total. The van der Waals surface area contributed by atoms with Crippen LogP contribution in [0.2, 0.25) is 0 Å². The summed E-state index contributed by atoms with van der Waals surface area (Å²) >= 11 is 1.71. The molecule has 0 spiro atoms. The minimum Gasteiger partial charge on any atom is -0.481 e. The average molecular weight is 224 g/mol. The molecular formula is C12H16O2S. The van der Waals surface area contributed by atoms with Crippen molar-refractivity contribution >= 4 is 17.7 Å². The zero-order valence-electron chi connectivity index (χ0n) is 9.06. The van der Waals surface area contributed by atoms with Crippen molar-refractivity contribution in [3.63, 3.8) is 0 Å². The third kappa shape index (κ3) is 3.96. The molecule has 82 valence electrons. The fraction of sp³-hybridized carbons (Fsp3) is 0.417. The molecule has 1 N–H and O–H groups in total. The Kier molecular flexibility index (Phi) is 4.69. The summed E-state index contributed by atoms with van der Waals surface area (Å²) in [5.74, 6) is -0.973. The molecule has 1 aromatic rings. The van der Waals surface area contributed by atoms with Crippen molar-refractivity contribution < 1.29 is 9.90 Å². The molecule has 1 unspecified atom stereocenters. The van der Waals surface area contributed by atoms with Gasteiger partial charge in [-0.15, -0.1) is 11.8 Å². The van der Waals surface area contributed by atoms with Gasteiger partial charge in [-0.25, -0.2) is 0 Å². The molecule has 0 saturated carbocycles. The Morgan fingerprint density at radius 2 is 2.27 bits per heavy atom. The van der Waals surface area contributed by atoms with Crippen LogP contribution >= 0.6 is 11.8 Å². The van der Waals surface area contributed by atoms with E-state index in [4.69, 9.17) is 5.11 Å². The highest BCUT2D eigenvalue weighted by atomic mass is 32.2. The highest BCUT2D eigenvalue weighted by Gasteiger charge is 2.10. The summed E-state index contributed by atoms with van der Waals surface area (Å²) in [7, 11) is 0. The molecule has 1 rings (SSSR count). The summed E-state index contributed by atoms with van der Waals surface area (Å²) < 4.78 is 0. The Bertz CT molecular complexity index is 336. The summed E-state index contributed by atoms with van der Waals surface area (Å²) in [6.45, 7) is 1.75. The van der Waals surface area contributed by atoms with E-state index in [-0.39, 0.29) is 5.92 Å². The number of hydrogen-bond donors (Lipinski definition) is 1. The lowest BCUT2D eigenvalue weighted by Gasteiger charge is -2.06. The maximum atomic E-state index is 10.6. The monoisotopic (exact) mass is 224 g/mol. The number of thioether (sulfide) groups is 1. The molecule has 15 heavy (non-hydrogen) atoms. The van der Waals surface area contributed by atoms with Gasteiger partial charge in [0.15, 0.2) is 0 Å². The average Bonchev–Trinajstić information content (AvgIpc) is 2.26. The highest BCUT2D eigenvalue weighted by molar-refractivity contribution is 7.98. The van der Waals surface area contributed by atoms with Crippen LogP contribution in [0.4, 0.5) is 0 Å². The Hall–Kier alpha value is -0.960. The van der Waals surface area contributed by atoms with Crippen molar-refractivity contribution in [3.05, 3.63) is 29.8 Å². The number of aryl methyl sites for hydroxylation is 1. The maximum Gasteiger partial charge on any atom is 0.306 e. The molecule has 0 saturated heterocycles. The van der Waals surface area contributed by atoms with E-state index in [1.165, 1.54) is 10.5 Å². The first-order valence-electron chi connectivity index (χ1n) is 4.99. The number of carboxylic acid groups (broad SMARTS) is 1. The van der Waals surface area contributed by atoms with Crippen LogP contribution in [-0.2, 0) is 11.2 Å². The zero-order valence-corrected chi connectivity index (χ0v) is 9.88. The number of carbonyl (C=O) groups is 1. The lowest BCUT2D eigenvalue weighted by atomic mass is 10.0. The minimum absolute atomic E-state index is 0.261. The second kappa shape index (κ2) is 5.81. The quantitative estimate of drug-likeness (QED) is 0.781. The molecule has 0 fully saturated rings. The van der Waals surface area contributed by atoms with E-state index in [0.29, 0.717) is 6.42 Å². The summed E-state index contributed by atoms with van der Waals surface area (Å²) in [4.78, 5) is 11.9. The summed E-state index contributed by atoms with van der Waals surface area (Å²) in [5.41, 5.74) is 1.22. The van der Waals surface area contributed by atoms with Gasteiger partial charge in [0.25, 0.3) is 0 Å². The van der Waals surface area contributed by atoms with E-state index in [9.17, 15) is 4.79 Å². The highest BCUT2D eigenvalue weighted by Crippen LogP contribution is 2.18. The smallest absolute Gasteiger partial charge is 0.306 e. The van der Waals surface area contributed by atoms with Gasteiger partial charge >= 0.3 is 5.97 Å². The molecule has 0 aliphatic carbocycles. The van der Waals surface area contributed by atoms with Crippen LogP contribution in [0.15, 0.2) is 29.2 Å². The van der Waals surface area contributed by atoms with E-state index >= 15 is 0 Å². The molecule has 3 heteroatoms. The summed E-state index contributed by atoms with van der Waals surface area (Å²) in [5, 5.41) is 8.76. The van der Waals surface area contributed by atoms with Crippen LogP contribution in [0.3, 0.4) is 0 Å². The Morgan fingerprint density at radius 1 is 1.53 bits per heavy atom. The topological polar surface area (TPSA) is 37.3 Å². The standard InChI is InChI=1S/C12H16O2S/c1-9(12(13)14)6-7-10-4-3-5-11(8-10)15-2/h3-5,8-9H,6-7H2,1-2H3,(H,13,14). The Labute approximate surface area is 94.7 Å². The number of carboxylic acids is 1. The van der Waals surface area contributed by atoms with E-state index < -0.39 is 5.97 Å². The Balaban J connectivity index is 2.53. The van der Waals surface area contributed by atoms with Gasteiger partial charge in [-0.2, -0.15) is 0 Å². The fourth-order valence-electron chi connectivity index (χ4n) is 1.33. The SMILES string of the molecule is CSc1cccc(CCC(C)C(=O)O)c1. The first kappa shape index (κ1) is 12.1. The van der Waals surface area contributed by atoms with Gasteiger partial charge in [0.05, 0.1) is 5.92 Å². The van der Waals surface area contributed by atoms with Crippen molar-refractivity contribution in [3.8, 4) is 0 Å². The molecular weight excluding hydrogens is 208 g/mol. The van der Waals surface area contributed by atoms with Gasteiger partial charge in [0.1, 0.15) is 0 Å². The van der Waals surface area contributed by atoms with Crippen LogP contribution in [0.1, 0.15) is 18.9 Å². The van der Waals surface area contributed by atoms with Gasteiger partial charge in [-0.1, -0.05) is 19.1 Å². The Morgan fingerprint density at radius 3 is 2.87 bits per heavy atom. The van der Waals surface area contributed by atoms with Gasteiger partial charge in [0.2, 0.25) is 0 Å². The minimum atomic E-state index is -0.712. The number of hydrogen-bond acceptors (Lipinski definition) is 2. The second-order valence-corrected chi connectivity index (χ2v) is 4.51. The first-order chi connectivity index (χ1) is 7.13. The molecule has 1 aromatic carbocycles. The normalized spacial score (nSPS) is 12.4. The number of benzene rings is 1. The van der Waals surface area contributed by atoms with Gasteiger partial charge in [-0.3, -0.25) is 4.79 Å². The van der Waals surface area contributed by atoms with Crippen LogP contribution in [0.25, 0.3) is 0 Å². The lowest BCUT2D eigenvalue weighted by Crippen LogP contribution is -2.10. The third-order valence-electron chi connectivity index (χ3n) is 2.42. The summed E-state index contributed by atoms with van der Waals surface area (Å²) in [6.07, 6.45) is 3.58. The largest absolute Gasteiger partial charge is 0.481 e. The van der Waals surface area contributed by atoms with Crippen LogP contribution in [0, 0.1) is 5.92 Å². The predicted octanol–water partition coefficient (Wildman–Crippen LogP) is 3.06. The van der Waals surface area contributed by atoms with Crippen molar-refractivity contribution in [1.82, 2.24) is 0 Å². The number of aliphatic carboxylic acids is 1. The van der Waals surface area contributed by atoms with Crippen LogP contribution in [0.5, 0.6) is 0 Å².